The summed E-state index contributed by atoms with van der Waals surface area (Å²) in [6, 6.07) is 31.1. The van der Waals surface area contributed by atoms with Crippen LogP contribution >= 0.6 is 0 Å². The minimum absolute atomic E-state index is 0.0373. The Morgan fingerprint density at radius 2 is 1.18 bits per heavy atom. The fraction of sp³-hybridized carbons (Fsp3) is 0.188. The van der Waals surface area contributed by atoms with Crippen molar-refractivity contribution >= 4 is 11.6 Å². The van der Waals surface area contributed by atoms with E-state index in [0.29, 0.717) is 5.56 Å². The molecule has 206 valence electrons. The number of carbonyl (C=O) groups is 2. The first kappa shape index (κ1) is 28.7. The Morgan fingerprint density at radius 3 is 1.68 bits per heavy atom. The largest absolute Gasteiger partial charge is 0.493 e. The molecule has 0 aliphatic carbocycles. The van der Waals surface area contributed by atoms with Gasteiger partial charge in [0, 0.05) is 18.2 Å². The molecule has 8 heteroatoms. The normalized spacial score (nSPS) is 12.0. The molecule has 0 heterocycles. The van der Waals surface area contributed by atoms with Crippen molar-refractivity contribution < 1.29 is 38.4 Å². The van der Waals surface area contributed by atoms with Crippen LogP contribution in [0.1, 0.15) is 31.8 Å². The minimum Gasteiger partial charge on any atom is -0.493 e. The summed E-state index contributed by atoms with van der Waals surface area (Å²) in [6.45, 7) is -0.0746. The molecule has 0 fully saturated rings. The maximum Gasteiger partial charge on any atom is 0.459 e. The lowest BCUT2D eigenvalue weighted by molar-refractivity contribution is -0.463. The van der Waals surface area contributed by atoms with Gasteiger partial charge in [0.05, 0.1) is 20.3 Å². The second-order valence-corrected chi connectivity index (χ2v) is 8.75. The van der Waals surface area contributed by atoms with Crippen LogP contribution in [0.5, 0.6) is 11.5 Å². The van der Waals surface area contributed by atoms with Crippen molar-refractivity contribution in [2.75, 3.05) is 14.2 Å². The van der Waals surface area contributed by atoms with Crippen LogP contribution in [0.15, 0.2) is 109 Å². The van der Waals surface area contributed by atoms with Crippen LogP contribution in [-0.4, -0.2) is 43.2 Å². The highest BCUT2D eigenvalue weighted by atomic mass is 17.0. The predicted molar refractivity (Wildman–Crippen MR) is 147 cm³/mol. The molecule has 1 N–H and O–H groups in total. The van der Waals surface area contributed by atoms with Crippen LogP contribution in [0.4, 0.5) is 0 Å². The molecule has 1 atom stereocenters. The van der Waals surface area contributed by atoms with Gasteiger partial charge in [-0.25, -0.2) is 0 Å². The number of aliphatic hydroxyl groups is 1. The quantitative estimate of drug-likeness (QED) is 0.132. The molecular weight excluding hydrogens is 512 g/mol. The van der Waals surface area contributed by atoms with E-state index < -0.39 is 23.8 Å². The second-order valence-electron chi connectivity index (χ2n) is 8.75. The molecule has 0 aromatic heterocycles. The fourth-order valence-electron chi connectivity index (χ4n) is 3.89. The molecule has 0 amide bonds. The molecule has 1 unspecified atom stereocenters. The lowest BCUT2D eigenvalue weighted by atomic mass is 9.98. The smallest absolute Gasteiger partial charge is 0.459 e. The Balaban J connectivity index is 1.60. The van der Waals surface area contributed by atoms with Gasteiger partial charge >= 0.3 is 6.16 Å². The Morgan fingerprint density at radius 1 is 0.675 bits per heavy atom. The SMILES string of the molecule is COc1ccc(C(=O)C(OC)C(=O)c2ccccc2)cc1OC(O)(OCc1ccccc1)OCc1ccccc1. The van der Waals surface area contributed by atoms with Gasteiger partial charge in [0.1, 0.15) is 0 Å². The number of benzene rings is 4. The highest BCUT2D eigenvalue weighted by molar-refractivity contribution is 6.18. The summed E-state index contributed by atoms with van der Waals surface area (Å²) >= 11 is 0. The molecule has 8 nitrogen and oxygen atoms in total. The van der Waals surface area contributed by atoms with E-state index >= 15 is 0 Å². The number of ether oxygens (including phenoxy) is 5. The monoisotopic (exact) mass is 542 g/mol. The van der Waals surface area contributed by atoms with E-state index in [0.717, 1.165) is 11.1 Å². The van der Waals surface area contributed by atoms with Crippen LogP contribution in [0, 0.1) is 0 Å². The van der Waals surface area contributed by atoms with Gasteiger partial charge in [-0.3, -0.25) is 19.1 Å². The standard InChI is InChI=1S/C32H30O8/c1-36-27-19-18-26(30(34)31(37-2)29(33)25-16-10-5-11-17-25)20-28(27)40-32(35,38-21-23-12-6-3-7-13-23)39-22-24-14-8-4-9-15-24/h3-20,31,35H,21-22H2,1-2H3. The number of methoxy groups -OCH3 is 2. The molecular formula is C32H30O8. The van der Waals surface area contributed by atoms with Gasteiger partial charge < -0.3 is 19.3 Å². The van der Waals surface area contributed by atoms with Crippen molar-refractivity contribution in [1.82, 2.24) is 0 Å². The van der Waals surface area contributed by atoms with E-state index in [2.05, 4.69) is 0 Å². The Labute approximate surface area is 232 Å². The van der Waals surface area contributed by atoms with Gasteiger partial charge in [-0.15, -0.1) is 0 Å². The zero-order valence-corrected chi connectivity index (χ0v) is 22.2. The summed E-state index contributed by atoms with van der Waals surface area (Å²) in [6.07, 6.45) is -3.94. The summed E-state index contributed by atoms with van der Waals surface area (Å²) in [7, 11) is 2.70. The molecule has 40 heavy (non-hydrogen) atoms. The predicted octanol–water partition coefficient (Wildman–Crippen LogP) is 5.19. The highest BCUT2D eigenvalue weighted by Crippen LogP contribution is 2.33. The minimum atomic E-state index is -2.55. The molecule has 0 aliphatic heterocycles. The number of carbonyl (C=O) groups excluding carboxylic acids is 2. The number of Topliss-reactive ketones (excluding diaryl/α,β-unsaturated/α-hetero) is 2. The molecule has 4 aromatic carbocycles. The van der Waals surface area contributed by atoms with E-state index in [-0.39, 0.29) is 30.3 Å². The summed E-state index contributed by atoms with van der Waals surface area (Å²) in [5.74, 6) is -0.924. The van der Waals surface area contributed by atoms with E-state index in [4.69, 9.17) is 23.7 Å². The van der Waals surface area contributed by atoms with Gasteiger partial charge in [-0.1, -0.05) is 91.0 Å². The van der Waals surface area contributed by atoms with Crippen LogP contribution in [0.25, 0.3) is 0 Å². The first-order valence-electron chi connectivity index (χ1n) is 12.5. The van der Waals surface area contributed by atoms with Crippen molar-refractivity contribution in [3.05, 3.63) is 131 Å². The topological polar surface area (TPSA) is 101 Å². The first-order chi connectivity index (χ1) is 19.4. The molecule has 0 bridgehead atoms. The van der Waals surface area contributed by atoms with E-state index in [1.807, 2.05) is 60.7 Å². The molecule has 0 saturated heterocycles. The molecule has 4 aromatic rings. The molecule has 0 spiro atoms. The summed E-state index contributed by atoms with van der Waals surface area (Å²) in [5, 5.41) is 11.3. The maximum absolute atomic E-state index is 13.4. The molecule has 0 radical (unpaired) electrons. The van der Waals surface area contributed by atoms with Gasteiger partial charge in [0.2, 0.25) is 0 Å². The maximum atomic E-state index is 13.4. The van der Waals surface area contributed by atoms with Crippen molar-refractivity contribution in [1.29, 1.82) is 0 Å². The zero-order chi connectivity index (χ0) is 28.4. The van der Waals surface area contributed by atoms with E-state index in [1.54, 1.807) is 30.3 Å². The Hall–Kier alpha value is -4.34. The number of ketones is 2. The van der Waals surface area contributed by atoms with Gasteiger partial charge in [-0.05, 0) is 29.3 Å². The number of rotatable bonds is 14. The number of hydrogen-bond donors (Lipinski definition) is 1. The molecule has 0 aliphatic rings. The van der Waals surface area contributed by atoms with E-state index in [9.17, 15) is 14.7 Å². The third-order valence-electron chi connectivity index (χ3n) is 5.99. The Kier molecular flexibility index (Phi) is 9.77. The second kappa shape index (κ2) is 13.6. The molecule has 4 rings (SSSR count). The van der Waals surface area contributed by atoms with Crippen LogP contribution in [0.3, 0.4) is 0 Å². The lowest BCUT2D eigenvalue weighted by Crippen LogP contribution is -2.42. The third-order valence-corrected chi connectivity index (χ3v) is 5.99. The van der Waals surface area contributed by atoms with Crippen molar-refractivity contribution in [2.45, 2.75) is 25.5 Å². The lowest BCUT2D eigenvalue weighted by Gasteiger charge is -2.28. The van der Waals surface area contributed by atoms with E-state index in [1.165, 1.54) is 32.4 Å². The van der Waals surface area contributed by atoms with Gasteiger partial charge in [0.25, 0.3) is 0 Å². The highest BCUT2D eigenvalue weighted by Gasteiger charge is 2.35. The van der Waals surface area contributed by atoms with Gasteiger partial charge in [-0.2, -0.15) is 0 Å². The average Bonchev–Trinajstić information content (AvgIpc) is 3.01. The van der Waals surface area contributed by atoms with Crippen molar-refractivity contribution in [3.63, 3.8) is 0 Å². The van der Waals surface area contributed by atoms with Gasteiger partial charge in [0.15, 0.2) is 29.2 Å². The fourth-order valence-corrected chi connectivity index (χ4v) is 3.89. The van der Waals surface area contributed by atoms with Crippen molar-refractivity contribution in [3.8, 4) is 11.5 Å². The van der Waals surface area contributed by atoms with Crippen molar-refractivity contribution in [2.24, 2.45) is 0 Å². The van der Waals surface area contributed by atoms with Crippen LogP contribution < -0.4 is 9.47 Å². The molecule has 0 saturated carbocycles. The average molecular weight is 543 g/mol. The van der Waals surface area contributed by atoms with Crippen LogP contribution in [0.2, 0.25) is 0 Å². The summed E-state index contributed by atoms with van der Waals surface area (Å²) in [4.78, 5) is 26.3. The summed E-state index contributed by atoms with van der Waals surface area (Å²) in [5.41, 5.74) is 1.98. The first-order valence-corrected chi connectivity index (χ1v) is 12.5. The van der Waals surface area contributed by atoms with Crippen LogP contribution in [-0.2, 0) is 27.4 Å². The summed E-state index contributed by atoms with van der Waals surface area (Å²) < 4.78 is 27.9. The Bertz CT molecular complexity index is 1350. The number of hydrogen-bond acceptors (Lipinski definition) is 8. The zero-order valence-electron chi connectivity index (χ0n) is 22.2. The third kappa shape index (κ3) is 7.40.